The Morgan fingerprint density at radius 1 is 1.47 bits per heavy atom. The van der Waals surface area contributed by atoms with Crippen molar-refractivity contribution in [2.45, 2.75) is 19.9 Å². The van der Waals surface area contributed by atoms with Crippen molar-refractivity contribution in [1.82, 2.24) is 4.90 Å². The molecule has 0 saturated carbocycles. The molecule has 0 aromatic heterocycles. The Morgan fingerprint density at radius 2 is 2.06 bits per heavy atom. The van der Waals surface area contributed by atoms with Gasteiger partial charge in [0.25, 0.3) is 5.91 Å². The Kier molecular flexibility index (Phi) is 6.13. The molecule has 1 unspecified atom stereocenters. The zero-order valence-electron chi connectivity index (χ0n) is 10.2. The van der Waals surface area contributed by atoms with E-state index in [2.05, 4.69) is 0 Å². The Morgan fingerprint density at radius 3 is 2.53 bits per heavy atom. The average molecular weight is 261 g/mol. The molecule has 0 radical (unpaired) electrons. The van der Waals surface area contributed by atoms with E-state index in [4.69, 9.17) is 5.73 Å². The topological polar surface area (TPSA) is 46.3 Å². The molecule has 17 heavy (non-hydrogen) atoms. The second-order valence-electron chi connectivity index (χ2n) is 4.02. The minimum absolute atomic E-state index is 0. The molecule has 1 amide bonds. The number of hydrogen-bond donors (Lipinski definition) is 1. The first-order chi connectivity index (χ1) is 7.45. The fraction of sp³-hybridized carbons (Fsp3) is 0.417. The van der Waals surface area contributed by atoms with Crippen LogP contribution in [0.2, 0.25) is 0 Å². The molecule has 1 aromatic rings. The van der Waals surface area contributed by atoms with Crippen LogP contribution in [0, 0.1) is 12.7 Å². The molecular weight excluding hydrogens is 243 g/mol. The lowest BCUT2D eigenvalue weighted by molar-refractivity contribution is 0.0748. The van der Waals surface area contributed by atoms with Crippen LogP contribution in [0.3, 0.4) is 0 Å². The van der Waals surface area contributed by atoms with Gasteiger partial charge >= 0.3 is 0 Å². The Balaban J connectivity index is 0.00000256. The number of hydrogen-bond acceptors (Lipinski definition) is 2. The number of benzene rings is 1. The summed E-state index contributed by atoms with van der Waals surface area (Å²) in [6.07, 6.45) is 0. The highest BCUT2D eigenvalue weighted by Crippen LogP contribution is 2.11. The van der Waals surface area contributed by atoms with Crippen LogP contribution in [0.25, 0.3) is 0 Å². The lowest BCUT2D eigenvalue weighted by Gasteiger charge is -2.23. The highest BCUT2D eigenvalue weighted by atomic mass is 35.5. The molecule has 2 N–H and O–H groups in total. The Hall–Kier alpha value is -1.13. The van der Waals surface area contributed by atoms with E-state index < -0.39 is 5.82 Å². The van der Waals surface area contributed by atoms with Crippen molar-refractivity contribution >= 4 is 18.3 Å². The van der Waals surface area contributed by atoms with Gasteiger partial charge in [-0.3, -0.25) is 4.79 Å². The van der Waals surface area contributed by atoms with Gasteiger partial charge in [-0.15, -0.1) is 12.4 Å². The molecular formula is C12H18ClFN2O. The summed E-state index contributed by atoms with van der Waals surface area (Å²) in [5.74, 6) is -0.599. The molecule has 1 aromatic carbocycles. The molecule has 0 aliphatic rings. The maximum atomic E-state index is 13.1. The van der Waals surface area contributed by atoms with Crippen molar-refractivity contribution < 1.29 is 9.18 Å². The molecule has 0 aliphatic heterocycles. The number of halogens is 2. The van der Waals surface area contributed by atoms with E-state index in [-0.39, 0.29) is 24.4 Å². The third-order valence-electron chi connectivity index (χ3n) is 2.61. The molecule has 1 rings (SSSR count). The van der Waals surface area contributed by atoms with Crippen LogP contribution in [-0.2, 0) is 0 Å². The SMILES string of the molecule is Cc1cc(F)cc(C(=O)N(C)C(C)CN)c1.Cl. The van der Waals surface area contributed by atoms with Crippen molar-refractivity contribution in [1.29, 1.82) is 0 Å². The van der Waals surface area contributed by atoms with E-state index in [9.17, 15) is 9.18 Å². The molecule has 96 valence electrons. The highest BCUT2D eigenvalue weighted by molar-refractivity contribution is 5.94. The first-order valence-corrected chi connectivity index (χ1v) is 5.20. The van der Waals surface area contributed by atoms with Crippen molar-refractivity contribution in [2.24, 2.45) is 5.73 Å². The number of likely N-dealkylation sites (N-methyl/N-ethyl adjacent to an activating group) is 1. The van der Waals surface area contributed by atoms with Crippen LogP contribution in [0.5, 0.6) is 0 Å². The molecule has 1 atom stereocenters. The molecule has 3 nitrogen and oxygen atoms in total. The summed E-state index contributed by atoms with van der Waals surface area (Å²) < 4.78 is 13.1. The maximum absolute atomic E-state index is 13.1. The van der Waals surface area contributed by atoms with E-state index in [1.807, 2.05) is 6.92 Å². The number of carbonyl (C=O) groups excluding carboxylic acids is 1. The first kappa shape index (κ1) is 15.9. The van der Waals surface area contributed by atoms with Gasteiger partial charge in [0.1, 0.15) is 5.82 Å². The molecule has 0 heterocycles. The summed E-state index contributed by atoms with van der Waals surface area (Å²) >= 11 is 0. The lowest BCUT2D eigenvalue weighted by atomic mass is 10.1. The summed E-state index contributed by atoms with van der Waals surface area (Å²) in [6, 6.07) is 4.25. The normalized spacial score (nSPS) is 11.6. The number of rotatable bonds is 3. The van der Waals surface area contributed by atoms with E-state index >= 15 is 0 Å². The van der Waals surface area contributed by atoms with E-state index in [1.54, 1.807) is 20.0 Å². The van der Waals surface area contributed by atoms with Crippen molar-refractivity contribution in [3.05, 3.63) is 35.1 Å². The fourth-order valence-corrected chi connectivity index (χ4v) is 1.42. The van der Waals surface area contributed by atoms with Crippen LogP contribution in [0.4, 0.5) is 4.39 Å². The van der Waals surface area contributed by atoms with Crippen LogP contribution in [0.1, 0.15) is 22.8 Å². The third-order valence-corrected chi connectivity index (χ3v) is 2.61. The Bertz CT molecular complexity index is 378. The molecule has 0 spiro atoms. The summed E-state index contributed by atoms with van der Waals surface area (Å²) in [6.45, 7) is 3.99. The van der Waals surface area contributed by atoms with E-state index in [1.165, 1.54) is 17.0 Å². The van der Waals surface area contributed by atoms with Gasteiger partial charge in [-0.2, -0.15) is 0 Å². The molecule has 0 fully saturated rings. The molecule has 0 bridgehead atoms. The minimum Gasteiger partial charge on any atom is -0.338 e. The van der Waals surface area contributed by atoms with Gasteiger partial charge in [-0.25, -0.2) is 4.39 Å². The van der Waals surface area contributed by atoms with Gasteiger partial charge in [-0.1, -0.05) is 0 Å². The van der Waals surface area contributed by atoms with Crippen LogP contribution < -0.4 is 5.73 Å². The maximum Gasteiger partial charge on any atom is 0.253 e. The van der Waals surface area contributed by atoms with E-state index in [0.29, 0.717) is 12.1 Å². The summed E-state index contributed by atoms with van der Waals surface area (Å²) in [4.78, 5) is 13.5. The number of carbonyl (C=O) groups is 1. The quantitative estimate of drug-likeness (QED) is 0.903. The number of nitrogens with zero attached hydrogens (tertiary/aromatic N) is 1. The van der Waals surface area contributed by atoms with E-state index in [0.717, 1.165) is 5.56 Å². The molecule has 0 saturated heterocycles. The molecule has 0 aliphatic carbocycles. The summed E-state index contributed by atoms with van der Waals surface area (Å²) in [7, 11) is 1.67. The first-order valence-electron chi connectivity index (χ1n) is 5.20. The van der Waals surface area contributed by atoms with Gasteiger partial charge in [0.05, 0.1) is 0 Å². The van der Waals surface area contributed by atoms with Crippen LogP contribution >= 0.6 is 12.4 Å². The van der Waals surface area contributed by atoms with Crippen molar-refractivity contribution in [2.75, 3.05) is 13.6 Å². The second kappa shape index (κ2) is 6.57. The van der Waals surface area contributed by atoms with Gasteiger partial charge in [0.2, 0.25) is 0 Å². The number of aryl methyl sites for hydroxylation is 1. The minimum atomic E-state index is -0.392. The predicted molar refractivity (Wildman–Crippen MR) is 69.0 cm³/mol. The van der Waals surface area contributed by atoms with Crippen molar-refractivity contribution in [3.63, 3.8) is 0 Å². The van der Waals surface area contributed by atoms with Crippen LogP contribution in [0.15, 0.2) is 18.2 Å². The summed E-state index contributed by atoms with van der Waals surface area (Å²) in [5.41, 5.74) is 6.58. The fourth-order valence-electron chi connectivity index (χ4n) is 1.42. The number of amides is 1. The zero-order chi connectivity index (χ0) is 12.3. The van der Waals surface area contributed by atoms with Gasteiger partial charge < -0.3 is 10.6 Å². The smallest absolute Gasteiger partial charge is 0.253 e. The summed E-state index contributed by atoms with van der Waals surface area (Å²) in [5, 5.41) is 0. The monoisotopic (exact) mass is 260 g/mol. The average Bonchev–Trinajstić information content (AvgIpc) is 2.24. The predicted octanol–water partition coefficient (Wildman–Crippen LogP) is 1.98. The second-order valence-corrected chi connectivity index (χ2v) is 4.02. The number of nitrogens with two attached hydrogens (primary N) is 1. The zero-order valence-corrected chi connectivity index (χ0v) is 11.1. The van der Waals surface area contributed by atoms with Crippen LogP contribution in [-0.4, -0.2) is 30.4 Å². The van der Waals surface area contributed by atoms with Gasteiger partial charge in [0, 0.05) is 25.2 Å². The lowest BCUT2D eigenvalue weighted by Crippen LogP contribution is -2.39. The molecule has 5 heteroatoms. The largest absolute Gasteiger partial charge is 0.338 e. The van der Waals surface area contributed by atoms with Crippen molar-refractivity contribution in [3.8, 4) is 0 Å². The highest BCUT2D eigenvalue weighted by Gasteiger charge is 2.17. The van der Waals surface area contributed by atoms with Gasteiger partial charge in [0.15, 0.2) is 0 Å². The third kappa shape index (κ3) is 3.98. The Labute approximate surface area is 107 Å². The standard InChI is InChI=1S/C12H17FN2O.ClH/c1-8-4-10(6-11(13)5-8)12(16)15(3)9(2)7-14;/h4-6,9H,7,14H2,1-3H3;1H. The van der Waals surface area contributed by atoms with Gasteiger partial charge in [-0.05, 0) is 37.6 Å².